The number of dihydropyridines is 1. The second-order valence-electron chi connectivity index (χ2n) is 9.70. The number of imidazole rings is 1. The van der Waals surface area contributed by atoms with Crippen molar-refractivity contribution in [3.63, 3.8) is 0 Å². The number of aromatic nitrogens is 4. The van der Waals surface area contributed by atoms with Gasteiger partial charge in [-0.15, -0.1) is 0 Å². The van der Waals surface area contributed by atoms with Crippen LogP contribution in [0.25, 0.3) is 39.3 Å². The van der Waals surface area contributed by atoms with Gasteiger partial charge in [-0.25, -0.2) is 15.0 Å². The second kappa shape index (κ2) is 9.81. The normalized spacial score (nSPS) is 17.2. The Morgan fingerprint density at radius 1 is 0.825 bits per heavy atom. The molecule has 0 spiro atoms. The lowest BCUT2D eigenvalue weighted by Crippen LogP contribution is -2.54. The third-order valence-electron chi connectivity index (χ3n) is 7.15. The number of H-pyrrole nitrogens is 1. The van der Waals surface area contributed by atoms with Crippen LogP contribution >= 0.6 is 0 Å². The third kappa shape index (κ3) is 4.39. The zero-order valence-electron chi connectivity index (χ0n) is 21.4. The van der Waals surface area contributed by atoms with Gasteiger partial charge in [0.1, 0.15) is 22.9 Å². The number of pyridine rings is 1. The van der Waals surface area contributed by atoms with Gasteiger partial charge in [0.05, 0.1) is 16.7 Å². The van der Waals surface area contributed by atoms with Crippen molar-refractivity contribution in [2.45, 2.75) is 6.04 Å². The molecule has 1 fully saturated rings. The first-order valence-electron chi connectivity index (χ1n) is 13.1. The van der Waals surface area contributed by atoms with E-state index in [2.05, 4.69) is 25.3 Å². The third-order valence-corrected chi connectivity index (χ3v) is 7.15. The van der Waals surface area contributed by atoms with Gasteiger partial charge >= 0.3 is 0 Å². The Labute approximate surface area is 229 Å². The lowest BCUT2D eigenvalue weighted by atomic mass is 10.1. The minimum absolute atomic E-state index is 0.0601. The molecule has 198 valence electrons. The van der Waals surface area contributed by atoms with E-state index in [-0.39, 0.29) is 11.8 Å². The summed E-state index contributed by atoms with van der Waals surface area (Å²) in [6, 6.07) is 20.1. The van der Waals surface area contributed by atoms with Gasteiger partial charge in [-0.2, -0.15) is 0 Å². The van der Waals surface area contributed by atoms with Gasteiger partial charge in [-0.05, 0) is 42.5 Å². The van der Waals surface area contributed by atoms with Gasteiger partial charge in [-0.3, -0.25) is 9.59 Å². The summed E-state index contributed by atoms with van der Waals surface area (Å²) in [7, 11) is 0. The predicted molar refractivity (Wildman–Crippen MR) is 150 cm³/mol. The summed E-state index contributed by atoms with van der Waals surface area (Å²) in [5.41, 5.74) is 4.82. The number of para-hydroxylation sites is 4. The molecule has 1 unspecified atom stereocenters. The molecule has 0 saturated carbocycles. The van der Waals surface area contributed by atoms with Crippen LogP contribution in [-0.4, -0.2) is 73.8 Å². The number of carbonyl (C=O) groups is 2. The van der Waals surface area contributed by atoms with Crippen LogP contribution in [0.2, 0.25) is 0 Å². The van der Waals surface area contributed by atoms with Crippen molar-refractivity contribution < 1.29 is 14.0 Å². The van der Waals surface area contributed by atoms with Gasteiger partial charge in [0.2, 0.25) is 11.8 Å². The number of piperazine rings is 1. The van der Waals surface area contributed by atoms with Crippen molar-refractivity contribution in [1.82, 2.24) is 35.1 Å². The van der Waals surface area contributed by atoms with Crippen LogP contribution in [0.15, 0.2) is 89.4 Å². The maximum atomic E-state index is 13.3. The molecule has 1 atom stereocenters. The van der Waals surface area contributed by atoms with Crippen molar-refractivity contribution in [3.05, 3.63) is 96.5 Å². The number of fused-ring (bicyclic) bond motifs is 2. The van der Waals surface area contributed by atoms with Gasteiger partial charge < -0.3 is 24.5 Å². The first kappa shape index (κ1) is 23.8. The topological polar surface area (TPSA) is 120 Å². The quantitative estimate of drug-likeness (QED) is 0.363. The molecule has 2 amide bonds. The molecule has 2 aliphatic heterocycles. The van der Waals surface area contributed by atoms with Crippen LogP contribution in [0, 0.1) is 0 Å². The highest BCUT2D eigenvalue weighted by molar-refractivity contribution is 5.93. The molecule has 5 aromatic rings. The zero-order chi connectivity index (χ0) is 27.1. The molecule has 3 aromatic heterocycles. The molecule has 0 bridgehead atoms. The van der Waals surface area contributed by atoms with Gasteiger partial charge in [0.15, 0.2) is 11.4 Å². The summed E-state index contributed by atoms with van der Waals surface area (Å²) in [5.74, 6) is 0.832. The summed E-state index contributed by atoms with van der Waals surface area (Å²) >= 11 is 0. The predicted octanol–water partition coefficient (Wildman–Crippen LogP) is 3.62. The van der Waals surface area contributed by atoms with E-state index in [1.165, 1.54) is 0 Å². The van der Waals surface area contributed by atoms with Crippen molar-refractivity contribution in [2.24, 2.45) is 0 Å². The Kier molecular flexibility index (Phi) is 5.85. The fraction of sp³-hybridized carbons (Fsp3) is 0.167. The summed E-state index contributed by atoms with van der Waals surface area (Å²) < 4.78 is 5.86. The monoisotopic (exact) mass is 531 g/mol. The molecular formula is C30H25N7O3. The van der Waals surface area contributed by atoms with E-state index in [4.69, 9.17) is 4.42 Å². The fourth-order valence-electron chi connectivity index (χ4n) is 5.04. The Morgan fingerprint density at radius 2 is 1.60 bits per heavy atom. The summed E-state index contributed by atoms with van der Waals surface area (Å²) in [6.07, 6.45) is 5.50. The van der Waals surface area contributed by atoms with E-state index in [9.17, 15) is 9.59 Å². The number of hydrogen-bond donors (Lipinski definition) is 2. The minimum Gasteiger partial charge on any atom is -0.435 e. The van der Waals surface area contributed by atoms with Crippen molar-refractivity contribution in [2.75, 3.05) is 26.2 Å². The van der Waals surface area contributed by atoms with Crippen LogP contribution in [0.1, 0.15) is 16.4 Å². The molecule has 2 aliphatic rings. The number of rotatable bonds is 4. The number of nitrogens with zero attached hydrogens (tertiary/aromatic N) is 5. The van der Waals surface area contributed by atoms with E-state index in [0.717, 1.165) is 16.6 Å². The molecule has 0 radical (unpaired) electrons. The lowest BCUT2D eigenvalue weighted by molar-refractivity contribution is -0.133. The Hall–Kier alpha value is -5.25. The number of allylic oxidation sites excluding steroid dienone is 2. The average molecular weight is 532 g/mol. The van der Waals surface area contributed by atoms with E-state index >= 15 is 0 Å². The van der Waals surface area contributed by atoms with Crippen molar-refractivity contribution >= 4 is 39.6 Å². The van der Waals surface area contributed by atoms with Crippen LogP contribution in [-0.2, 0) is 4.79 Å². The Bertz CT molecular complexity index is 1740. The molecule has 7 rings (SSSR count). The number of hydrogen-bond acceptors (Lipinski definition) is 7. The maximum absolute atomic E-state index is 13.3. The maximum Gasteiger partial charge on any atom is 0.272 e. The van der Waals surface area contributed by atoms with Crippen molar-refractivity contribution in [3.8, 4) is 11.5 Å². The second-order valence-corrected chi connectivity index (χ2v) is 9.70. The van der Waals surface area contributed by atoms with Crippen LogP contribution in [0.5, 0.6) is 0 Å². The lowest BCUT2D eigenvalue weighted by Gasteiger charge is -2.36. The molecule has 2 N–H and O–H groups in total. The van der Waals surface area contributed by atoms with Gasteiger partial charge in [0.25, 0.3) is 5.91 Å². The molecule has 1 saturated heterocycles. The van der Waals surface area contributed by atoms with Gasteiger partial charge in [0, 0.05) is 26.2 Å². The molecule has 10 heteroatoms. The van der Waals surface area contributed by atoms with Crippen molar-refractivity contribution in [1.29, 1.82) is 0 Å². The number of aromatic amines is 1. The smallest absolute Gasteiger partial charge is 0.272 e. The summed E-state index contributed by atoms with van der Waals surface area (Å²) in [5, 5.41) is 3.25. The van der Waals surface area contributed by atoms with E-state index in [1.54, 1.807) is 15.9 Å². The fourth-order valence-corrected chi connectivity index (χ4v) is 5.04. The van der Waals surface area contributed by atoms with Crippen LogP contribution in [0.4, 0.5) is 0 Å². The highest BCUT2D eigenvalue weighted by Crippen LogP contribution is 2.23. The number of amides is 2. The molecule has 5 heterocycles. The Balaban J connectivity index is 0.992. The average Bonchev–Trinajstić information content (AvgIpc) is 3.65. The van der Waals surface area contributed by atoms with E-state index in [0.29, 0.717) is 60.6 Å². The molecule has 0 aliphatic carbocycles. The zero-order valence-corrected chi connectivity index (χ0v) is 21.4. The van der Waals surface area contributed by atoms with E-state index < -0.39 is 6.04 Å². The minimum atomic E-state index is -0.542. The van der Waals surface area contributed by atoms with Gasteiger partial charge in [-0.1, -0.05) is 42.5 Å². The standard InChI is InChI=1S/C30H25N7O3/c38-29(24-12-5-10-22(31-24)27-33-19-7-1-2-8-20(19)34-27)36-15-17-37(18-16-36)30(39)25-13-6-11-23(32-25)28-35-21-9-3-4-14-26(21)40-28/h1-14,25,32H,15-18H2,(H,33,34). The van der Waals surface area contributed by atoms with Crippen LogP contribution in [0.3, 0.4) is 0 Å². The van der Waals surface area contributed by atoms with Crippen LogP contribution < -0.4 is 5.32 Å². The van der Waals surface area contributed by atoms with E-state index in [1.807, 2.05) is 78.9 Å². The summed E-state index contributed by atoms with van der Waals surface area (Å²) in [6.45, 7) is 1.71. The number of oxazole rings is 1. The summed E-state index contributed by atoms with van der Waals surface area (Å²) in [4.78, 5) is 47.1. The molecule has 40 heavy (non-hydrogen) atoms. The number of carbonyl (C=O) groups excluding carboxylic acids is 2. The molecular weight excluding hydrogens is 506 g/mol. The Morgan fingerprint density at radius 3 is 2.42 bits per heavy atom. The molecule has 10 nitrogen and oxygen atoms in total. The molecule has 2 aromatic carbocycles. The first-order chi connectivity index (χ1) is 19.6. The number of benzene rings is 2. The SMILES string of the molecule is O=C(c1cccc(-c2nc3ccccc3[nH]2)n1)N1CCN(C(=O)C2C=CC=C(c3nc4ccccc4o3)N2)CC1. The number of nitrogens with one attached hydrogen (secondary N) is 2. The largest absolute Gasteiger partial charge is 0.435 e. The first-order valence-corrected chi connectivity index (χ1v) is 13.1. The highest BCUT2D eigenvalue weighted by atomic mass is 16.3. The highest BCUT2D eigenvalue weighted by Gasteiger charge is 2.30.